The molecule has 0 saturated heterocycles. The van der Waals surface area contributed by atoms with Crippen LogP contribution in [-0.2, 0) is 11.3 Å². The van der Waals surface area contributed by atoms with Gasteiger partial charge < -0.3 is 19.7 Å². The molecule has 1 unspecified atom stereocenters. The van der Waals surface area contributed by atoms with Crippen molar-refractivity contribution in [2.45, 2.75) is 45.3 Å². The van der Waals surface area contributed by atoms with Crippen LogP contribution in [0, 0.1) is 0 Å². The Morgan fingerprint density at radius 3 is 2.45 bits per heavy atom. The van der Waals surface area contributed by atoms with Gasteiger partial charge in [0.15, 0.2) is 5.54 Å². The Labute approximate surface area is 171 Å². The van der Waals surface area contributed by atoms with Gasteiger partial charge in [0.05, 0.1) is 12.7 Å². The molecule has 0 fully saturated rings. The lowest BCUT2D eigenvalue weighted by molar-refractivity contribution is -0.134. The van der Waals surface area contributed by atoms with Gasteiger partial charge in [0.2, 0.25) is 5.91 Å². The van der Waals surface area contributed by atoms with Crippen LogP contribution in [-0.4, -0.2) is 41.5 Å². The number of carbonyl (C=O) groups excluding carboxylic acids is 2. The fourth-order valence-electron chi connectivity index (χ4n) is 3.26. The summed E-state index contributed by atoms with van der Waals surface area (Å²) in [6, 6.07) is 14.6. The predicted molar refractivity (Wildman–Crippen MR) is 111 cm³/mol. The molecule has 0 bridgehead atoms. The summed E-state index contributed by atoms with van der Waals surface area (Å²) in [7, 11) is 1.61. The Kier molecular flexibility index (Phi) is 5.55. The number of nitrogens with zero attached hydrogens (tertiary/aromatic N) is 1. The van der Waals surface area contributed by atoms with Crippen molar-refractivity contribution in [1.29, 1.82) is 0 Å². The first-order chi connectivity index (χ1) is 13.6. The molecule has 3 rings (SSSR count). The highest BCUT2D eigenvalue weighted by molar-refractivity contribution is 6.01. The van der Waals surface area contributed by atoms with E-state index in [2.05, 4.69) is 5.32 Å². The Balaban J connectivity index is 2.02. The third kappa shape index (κ3) is 4.36. The van der Waals surface area contributed by atoms with E-state index in [0.29, 0.717) is 11.3 Å². The van der Waals surface area contributed by atoms with Crippen molar-refractivity contribution >= 4 is 11.8 Å². The molecule has 2 aromatic rings. The van der Waals surface area contributed by atoms with Crippen LogP contribution < -0.4 is 14.8 Å². The van der Waals surface area contributed by atoms with Crippen molar-refractivity contribution in [3.05, 3.63) is 59.7 Å². The SMILES string of the molecule is COc1ccc(CN2C(=O)c3ccccc3OCC2(C)C(=O)NC(C)(C)C)cc1. The number of amides is 2. The summed E-state index contributed by atoms with van der Waals surface area (Å²) in [6.07, 6.45) is 0. The second kappa shape index (κ2) is 7.78. The summed E-state index contributed by atoms with van der Waals surface area (Å²) < 4.78 is 11.1. The van der Waals surface area contributed by atoms with Gasteiger partial charge in [-0.3, -0.25) is 9.59 Å². The number of hydrogen-bond donors (Lipinski definition) is 1. The molecule has 0 saturated carbocycles. The molecule has 0 aliphatic carbocycles. The van der Waals surface area contributed by atoms with E-state index in [9.17, 15) is 9.59 Å². The molecule has 2 aromatic carbocycles. The summed E-state index contributed by atoms with van der Waals surface area (Å²) in [5, 5.41) is 3.01. The van der Waals surface area contributed by atoms with Crippen LogP contribution in [0.3, 0.4) is 0 Å². The number of fused-ring (bicyclic) bond motifs is 1. The quantitative estimate of drug-likeness (QED) is 0.860. The minimum atomic E-state index is -1.18. The number of para-hydroxylation sites is 1. The summed E-state index contributed by atoms with van der Waals surface area (Å²) in [5.41, 5.74) is -0.265. The Morgan fingerprint density at radius 1 is 1.17 bits per heavy atom. The zero-order chi connectivity index (χ0) is 21.2. The zero-order valence-electron chi connectivity index (χ0n) is 17.6. The normalized spacial score (nSPS) is 19.1. The molecular weight excluding hydrogens is 368 g/mol. The molecule has 1 heterocycles. The average molecular weight is 396 g/mol. The van der Waals surface area contributed by atoms with Gasteiger partial charge in [-0.05, 0) is 57.5 Å². The van der Waals surface area contributed by atoms with Crippen molar-refractivity contribution < 1.29 is 19.1 Å². The first-order valence-electron chi connectivity index (χ1n) is 9.63. The fourth-order valence-corrected chi connectivity index (χ4v) is 3.26. The molecule has 1 atom stereocenters. The van der Waals surface area contributed by atoms with E-state index < -0.39 is 11.1 Å². The minimum absolute atomic E-state index is 0.0633. The van der Waals surface area contributed by atoms with E-state index in [-0.39, 0.29) is 25.0 Å². The van der Waals surface area contributed by atoms with Gasteiger partial charge in [-0.25, -0.2) is 0 Å². The van der Waals surface area contributed by atoms with Crippen LogP contribution >= 0.6 is 0 Å². The second-order valence-corrected chi connectivity index (χ2v) is 8.50. The third-order valence-corrected chi connectivity index (χ3v) is 4.94. The molecule has 6 heteroatoms. The molecule has 29 heavy (non-hydrogen) atoms. The topological polar surface area (TPSA) is 67.9 Å². The van der Waals surface area contributed by atoms with Gasteiger partial charge in [0, 0.05) is 12.1 Å². The predicted octanol–water partition coefficient (Wildman–Crippen LogP) is 3.40. The Morgan fingerprint density at radius 2 is 1.83 bits per heavy atom. The standard InChI is InChI=1S/C23H28N2O4/c1-22(2,3)24-21(27)23(4)15-29-19-9-7-6-8-18(19)20(26)25(23)14-16-10-12-17(28-5)13-11-16/h6-13H,14-15H2,1-5H3,(H,24,27). The largest absolute Gasteiger partial charge is 0.497 e. The van der Waals surface area contributed by atoms with Crippen molar-refractivity contribution in [1.82, 2.24) is 10.2 Å². The lowest BCUT2D eigenvalue weighted by atomic mass is 9.95. The highest BCUT2D eigenvalue weighted by Gasteiger charge is 2.46. The molecule has 6 nitrogen and oxygen atoms in total. The van der Waals surface area contributed by atoms with Gasteiger partial charge in [0.25, 0.3) is 5.91 Å². The maximum absolute atomic E-state index is 13.5. The Bertz CT molecular complexity index is 902. The van der Waals surface area contributed by atoms with Crippen molar-refractivity contribution in [3.8, 4) is 11.5 Å². The van der Waals surface area contributed by atoms with Crippen LogP contribution in [0.5, 0.6) is 11.5 Å². The number of benzene rings is 2. The lowest BCUT2D eigenvalue weighted by Gasteiger charge is -2.39. The number of carbonyl (C=O) groups is 2. The van der Waals surface area contributed by atoms with Crippen LogP contribution in [0.1, 0.15) is 43.6 Å². The van der Waals surface area contributed by atoms with Gasteiger partial charge in [-0.15, -0.1) is 0 Å². The second-order valence-electron chi connectivity index (χ2n) is 8.50. The van der Waals surface area contributed by atoms with Crippen molar-refractivity contribution in [3.63, 3.8) is 0 Å². The maximum atomic E-state index is 13.5. The zero-order valence-corrected chi connectivity index (χ0v) is 17.6. The number of rotatable bonds is 4. The molecule has 1 N–H and O–H groups in total. The lowest BCUT2D eigenvalue weighted by Crippen LogP contribution is -2.63. The molecular formula is C23H28N2O4. The highest BCUT2D eigenvalue weighted by atomic mass is 16.5. The van der Waals surface area contributed by atoms with Gasteiger partial charge >= 0.3 is 0 Å². The maximum Gasteiger partial charge on any atom is 0.258 e. The third-order valence-electron chi connectivity index (χ3n) is 4.94. The van der Waals surface area contributed by atoms with E-state index >= 15 is 0 Å². The van der Waals surface area contributed by atoms with Gasteiger partial charge in [-0.1, -0.05) is 24.3 Å². The summed E-state index contributed by atoms with van der Waals surface area (Å²) >= 11 is 0. The molecule has 2 amide bonds. The molecule has 0 radical (unpaired) electrons. The van der Waals surface area contributed by atoms with E-state index in [1.807, 2.05) is 51.1 Å². The van der Waals surface area contributed by atoms with Gasteiger partial charge in [-0.2, -0.15) is 0 Å². The number of ether oxygens (including phenoxy) is 2. The first-order valence-corrected chi connectivity index (χ1v) is 9.63. The summed E-state index contributed by atoms with van der Waals surface area (Å²) in [6.45, 7) is 7.83. The van der Waals surface area contributed by atoms with Crippen molar-refractivity contribution in [2.75, 3.05) is 13.7 Å². The van der Waals surface area contributed by atoms with Crippen LogP contribution in [0.4, 0.5) is 0 Å². The number of methoxy groups -OCH3 is 1. The van der Waals surface area contributed by atoms with Gasteiger partial charge in [0.1, 0.15) is 18.1 Å². The van der Waals surface area contributed by atoms with E-state index in [1.165, 1.54) is 0 Å². The smallest absolute Gasteiger partial charge is 0.258 e. The number of hydrogen-bond acceptors (Lipinski definition) is 4. The van der Waals surface area contributed by atoms with E-state index in [1.54, 1.807) is 37.1 Å². The summed E-state index contributed by atoms with van der Waals surface area (Å²) in [5.74, 6) is 0.738. The minimum Gasteiger partial charge on any atom is -0.497 e. The van der Waals surface area contributed by atoms with Crippen LogP contribution in [0.2, 0.25) is 0 Å². The monoisotopic (exact) mass is 396 g/mol. The van der Waals surface area contributed by atoms with Crippen LogP contribution in [0.25, 0.3) is 0 Å². The van der Waals surface area contributed by atoms with Crippen molar-refractivity contribution in [2.24, 2.45) is 0 Å². The fraction of sp³-hybridized carbons (Fsp3) is 0.391. The highest BCUT2D eigenvalue weighted by Crippen LogP contribution is 2.32. The molecule has 0 aromatic heterocycles. The number of nitrogens with one attached hydrogen (secondary N) is 1. The summed E-state index contributed by atoms with van der Waals surface area (Å²) in [4.78, 5) is 28.4. The van der Waals surface area contributed by atoms with E-state index in [4.69, 9.17) is 9.47 Å². The Hall–Kier alpha value is -3.02. The van der Waals surface area contributed by atoms with Crippen LogP contribution in [0.15, 0.2) is 48.5 Å². The first kappa shape index (κ1) is 20.7. The van der Waals surface area contributed by atoms with E-state index in [0.717, 1.165) is 11.3 Å². The molecule has 1 aliphatic rings. The average Bonchev–Trinajstić information content (AvgIpc) is 2.78. The molecule has 1 aliphatic heterocycles. The molecule has 0 spiro atoms. The molecule has 154 valence electrons.